The molecule has 0 bridgehead atoms. The Morgan fingerprint density at radius 1 is 0.500 bits per heavy atom. The molecule has 0 N–H and O–H groups in total. The van der Waals surface area contributed by atoms with E-state index in [4.69, 9.17) is 0 Å². The molecule has 0 aromatic heterocycles. The second kappa shape index (κ2) is 17.1. The van der Waals surface area contributed by atoms with Crippen LogP contribution in [-0.4, -0.2) is 51.7 Å². The van der Waals surface area contributed by atoms with Crippen molar-refractivity contribution < 1.29 is 34.1 Å². The molecule has 0 nitrogen and oxygen atoms in total. The molecule has 8 radical (unpaired) electrons. The van der Waals surface area contributed by atoms with E-state index in [0.29, 0.717) is 0 Å². The monoisotopic (exact) mass is 356 g/mol. The molecular formula is Cu2In2. The van der Waals surface area contributed by atoms with Crippen molar-refractivity contribution in [2.75, 3.05) is 0 Å². The Hall–Kier alpha value is 2.78. The SMILES string of the molecule is [Cu].[Cu].[In].[In]. The van der Waals surface area contributed by atoms with Gasteiger partial charge in [0.05, 0.1) is 0 Å². The summed E-state index contributed by atoms with van der Waals surface area (Å²) in [6.45, 7) is 0. The van der Waals surface area contributed by atoms with Crippen molar-refractivity contribution in [2.45, 2.75) is 0 Å². The van der Waals surface area contributed by atoms with Crippen LogP contribution in [0.2, 0.25) is 0 Å². The van der Waals surface area contributed by atoms with Crippen LogP contribution in [0.5, 0.6) is 0 Å². The molecule has 4 heavy (non-hydrogen) atoms. The molecular weight excluding hydrogens is 357 g/mol. The van der Waals surface area contributed by atoms with Gasteiger partial charge in [0.25, 0.3) is 0 Å². The third-order valence-electron chi connectivity index (χ3n) is 0. The molecule has 0 aliphatic carbocycles. The van der Waals surface area contributed by atoms with Gasteiger partial charge in [-0.1, -0.05) is 0 Å². The summed E-state index contributed by atoms with van der Waals surface area (Å²) in [6.07, 6.45) is 0. The van der Waals surface area contributed by atoms with E-state index >= 15 is 0 Å². The van der Waals surface area contributed by atoms with Gasteiger partial charge in [0.15, 0.2) is 0 Å². The first-order valence-corrected chi connectivity index (χ1v) is 0. The van der Waals surface area contributed by atoms with E-state index in [1.165, 1.54) is 0 Å². The van der Waals surface area contributed by atoms with Gasteiger partial charge in [-0.05, 0) is 0 Å². The van der Waals surface area contributed by atoms with E-state index in [9.17, 15) is 0 Å². The van der Waals surface area contributed by atoms with Gasteiger partial charge in [-0.25, -0.2) is 0 Å². The quantitative estimate of drug-likeness (QED) is 0.500. The first-order valence-electron chi connectivity index (χ1n) is 0. The van der Waals surface area contributed by atoms with Crippen molar-refractivity contribution in [3.8, 4) is 0 Å². The van der Waals surface area contributed by atoms with Crippen LogP contribution in [-0.2, 0) is 34.1 Å². The zero-order valence-electron chi connectivity index (χ0n) is 1.76. The summed E-state index contributed by atoms with van der Waals surface area (Å²) in [7, 11) is 0. The Bertz CT molecular complexity index is 4.00. The molecule has 0 amide bonds. The molecule has 0 atom stereocenters. The van der Waals surface area contributed by atoms with Crippen molar-refractivity contribution in [2.24, 2.45) is 0 Å². The average molecular weight is 357 g/mol. The van der Waals surface area contributed by atoms with E-state index in [1.54, 1.807) is 0 Å². The van der Waals surface area contributed by atoms with E-state index < -0.39 is 0 Å². The van der Waals surface area contributed by atoms with Crippen LogP contribution < -0.4 is 0 Å². The first-order chi connectivity index (χ1) is 0. The second-order valence-corrected chi connectivity index (χ2v) is 0. The zero-order chi connectivity index (χ0) is 0. The predicted octanol–water partition coefficient (Wildman–Crippen LogP) is -0.767. The van der Waals surface area contributed by atoms with Crippen LogP contribution >= 0.6 is 0 Å². The Morgan fingerprint density at radius 3 is 0.500 bits per heavy atom. The van der Waals surface area contributed by atoms with Gasteiger partial charge in [-0.3, -0.25) is 0 Å². The fourth-order valence-corrected chi connectivity index (χ4v) is 0. The van der Waals surface area contributed by atoms with Crippen molar-refractivity contribution in [1.82, 2.24) is 0 Å². The average Bonchev–Trinajstić information content (AvgIpc) is 0. The van der Waals surface area contributed by atoms with Crippen molar-refractivity contribution in [3.05, 3.63) is 0 Å². The fraction of sp³-hybridized carbons (Fsp3) is 0. The third kappa shape index (κ3) is 8.84. The van der Waals surface area contributed by atoms with Gasteiger partial charge in [0.1, 0.15) is 0 Å². The molecule has 0 rings (SSSR count). The molecule has 0 spiro atoms. The van der Waals surface area contributed by atoms with Gasteiger partial charge in [0.2, 0.25) is 0 Å². The minimum Gasteiger partial charge on any atom is 0 e. The Kier molecular flexibility index (Phi) is 125. The van der Waals surface area contributed by atoms with E-state index in [0.717, 1.165) is 0 Å². The van der Waals surface area contributed by atoms with Crippen molar-refractivity contribution in [3.63, 3.8) is 0 Å². The Morgan fingerprint density at radius 2 is 0.500 bits per heavy atom. The van der Waals surface area contributed by atoms with Crippen LogP contribution in [0, 0.1) is 0 Å². The Labute approximate surface area is 84.4 Å². The van der Waals surface area contributed by atoms with E-state index in [-0.39, 0.29) is 85.8 Å². The van der Waals surface area contributed by atoms with Crippen LogP contribution in [0.15, 0.2) is 0 Å². The van der Waals surface area contributed by atoms with Gasteiger partial charge in [-0.2, -0.15) is 0 Å². The third-order valence-corrected chi connectivity index (χ3v) is 0. The summed E-state index contributed by atoms with van der Waals surface area (Å²) >= 11 is 0. The summed E-state index contributed by atoms with van der Waals surface area (Å²) in [5.74, 6) is 0. The standard InChI is InChI=1S/2Cu.2In. The van der Waals surface area contributed by atoms with Gasteiger partial charge < -0.3 is 0 Å². The summed E-state index contributed by atoms with van der Waals surface area (Å²) in [6, 6.07) is 0. The van der Waals surface area contributed by atoms with Crippen molar-refractivity contribution in [1.29, 1.82) is 0 Å². The number of rotatable bonds is 0. The van der Waals surface area contributed by atoms with Crippen molar-refractivity contribution >= 4 is 51.7 Å². The zero-order valence-corrected chi connectivity index (χ0v) is 10.2. The Balaban J connectivity index is 0. The minimum atomic E-state index is 0. The largest absolute Gasteiger partial charge is 0 e. The molecule has 0 aliphatic heterocycles. The molecule has 0 unspecified atom stereocenters. The number of hydrogen-bond donors (Lipinski definition) is 0. The van der Waals surface area contributed by atoms with Gasteiger partial charge in [-0.15, -0.1) is 0 Å². The topological polar surface area (TPSA) is 0 Å². The molecule has 0 saturated carbocycles. The summed E-state index contributed by atoms with van der Waals surface area (Å²) in [5.41, 5.74) is 0. The first kappa shape index (κ1) is 29.3. The normalized spacial score (nSPS) is 0. The number of hydrogen-bond acceptors (Lipinski definition) is 0. The maximum Gasteiger partial charge on any atom is 0 e. The molecule has 0 aromatic carbocycles. The van der Waals surface area contributed by atoms with Crippen LogP contribution in [0.4, 0.5) is 0 Å². The smallest absolute Gasteiger partial charge is 0 e. The molecule has 0 aliphatic rings. The van der Waals surface area contributed by atoms with E-state index in [1.807, 2.05) is 0 Å². The minimum absolute atomic E-state index is 0. The predicted molar refractivity (Wildman–Crippen MR) is 11.5 cm³/mol. The molecule has 0 heterocycles. The van der Waals surface area contributed by atoms with Crippen LogP contribution in [0.3, 0.4) is 0 Å². The maximum absolute atomic E-state index is 0. The molecule has 0 saturated heterocycles. The van der Waals surface area contributed by atoms with Gasteiger partial charge >= 0.3 is 0 Å². The maximum atomic E-state index is 0. The van der Waals surface area contributed by atoms with Crippen LogP contribution in [0.25, 0.3) is 0 Å². The fourth-order valence-electron chi connectivity index (χ4n) is 0. The second-order valence-electron chi connectivity index (χ2n) is 0. The summed E-state index contributed by atoms with van der Waals surface area (Å²) in [5, 5.41) is 0. The molecule has 0 aromatic rings. The molecule has 0 fully saturated rings. The summed E-state index contributed by atoms with van der Waals surface area (Å²) < 4.78 is 0. The molecule has 4 heteroatoms. The summed E-state index contributed by atoms with van der Waals surface area (Å²) in [4.78, 5) is 0. The van der Waals surface area contributed by atoms with Crippen LogP contribution in [0.1, 0.15) is 0 Å². The van der Waals surface area contributed by atoms with Gasteiger partial charge in [0, 0.05) is 85.8 Å². The molecule has 28 valence electrons. The van der Waals surface area contributed by atoms with E-state index in [2.05, 4.69) is 0 Å².